The van der Waals surface area contributed by atoms with Gasteiger partial charge < -0.3 is 9.32 Å². The van der Waals surface area contributed by atoms with Crippen LogP contribution >= 0.6 is 11.3 Å². The summed E-state index contributed by atoms with van der Waals surface area (Å²) in [6.45, 7) is 8.53. The predicted octanol–water partition coefficient (Wildman–Crippen LogP) is 2.81. The van der Waals surface area contributed by atoms with Crippen molar-refractivity contribution in [3.8, 4) is 0 Å². The van der Waals surface area contributed by atoms with Crippen molar-refractivity contribution in [1.82, 2.24) is 19.8 Å². The van der Waals surface area contributed by atoms with E-state index in [2.05, 4.69) is 28.7 Å². The van der Waals surface area contributed by atoms with Crippen LogP contribution in [0.2, 0.25) is 0 Å². The number of hydrogen-bond acceptors (Lipinski definition) is 6. The van der Waals surface area contributed by atoms with Crippen molar-refractivity contribution in [2.45, 2.75) is 39.8 Å². The maximum atomic E-state index is 12.8. The number of likely N-dealkylation sites (tertiary alicyclic amines) is 1. The van der Waals surface area contributed by atoms with Gasteiger partial charge in [0.15, 0.2) is 0 Å². The van der Waals surface area contributed by atoms with Gasteiger partial charge in [-0.2, -0.15) is 0 Å². The molecule has 1 saturated heterocycles. The van der Waals surface area contributed by atoms with Crippen molar-refractivity contribution < 1.29 is 9.21 Å². The lowest BCUT2D eigenvalue weighted by Crippen LogP contribution is -2.42. The highest BCUT2D eigenvalue weighted by atomic mass is 32.1. The first-order valence-electron chi connectivity index (χ1n) is 8.96. The van der Waals surface area contributed by atoms with E-state index in [9.17, 15) is 4.79 Å². The third-order valence-corrected chi connectivity index (χ3v) is 5.77. The van der Waals surface area contributed by atoms with Crippen LogP contribution in [-0.4, -0.2) is 45.3 Å². The Morgan fingerprint density at radius 3 is 2.88 bits per heavy atom. The first-order valence-corrected chi connectivity index (χ1v) is 9.84. The average Bonchev–Trinajstić information content (AvgIpc) is 3.22. The molecule has 2 aliphatic heterocycles. The number of thiazole rings is 1. The maximum absolute atomic E-state index is 12.8. The largest absolute Gasteiger partial charge is 0.437 e. The Labute approximate surface area is 151 Å². The van der Waals surface area contributed by atoms with Crippen LogP contribution in [0.1, 0.15) is 47.3 Å². The number of aromatic nitrogens is 2. The highest BCUT2D eigenvalue weighted by Gasteiger charge is 2.31. The Hall–Kier alpha value is -1.73. The van der Waals surface area contributed by atoms with Gasteiger partial charge in [0.2, 0.25) is 0 Å². The lowest BCUT2D eigenvalue weighted by atomic mass is 9.92. The molecule has 7 heteroatoms. The second kappa shape index (κ2) is 6.88. The van der Waals surface area contributed by atoms with E-state index in [0.717, 1.165) is 50.6 Å². The van der Waals surface area contributed by atoms with Crippen LogP contribution in [0.4, 0.5) is 0 Å². The van der Waals surface area contributed by atoms with E-state index in [-0.39, 0.29) is 11.8 Å². The number of fused-ring (bicyclic) bond motifs is 1. The number of amides is 1. The van der Waals surface area contributed by atoms with Crippen LogP contribution in [-0.2, 0) is 19.5 Å². The third-order valence-electron chi connectivity index (χ3n) is 5.01. The molecule has 0 bridgehead atoms. The molecule has 6 nitrogen and oxygen atoms in total. The average molecular weight is 360 g/mol. The summed E-state index contributed by atoms with van der Waals surface area (Å²) in [5, 5.41) is 0. The summed E-state index contributed by atoms with van der Waals surface area (Å²) < 4.78 is 5.84. The lowest BCUT2D eigenvalue weighted by molar-refractivity contribution is 0.0581. The fraction of sp³-hybridized carbons (Fsp3) is 0.611. The predicted molar refractivity (Wildman–Crippen MR) is 95.3 cm³/mol. The second-order valence-corrected chi connectivity index (χ2v) is 8.44. The summed E-state index contributed by atoms with van der Waals surface area (Å²) >= 11 is 1.67. The molecule has 4 rings (SSSR count). The Morgan fingerprint density at radius 2 is 2.16 bits per heavy atom. The minimum Gasteiger partial charge on any atom is -0.437 e. The van der Waals surface area contributed by atoms with Gasteiger partial charge in [-0.25, -0.2) is 4.98 Å². The summed E-state index contributed by atoms with van der Waals surface area (Å²) in [5.74, 6) is 2.16. The molecule has 25 heavy (non-hydrogen) atoms. The van der Waals surface area contributed by atoms with Gasteiger partial charge in [-0.05, 0) is 18.3 Å². The zero-order valence-electron chi connectivity index (χ0n) is 14.8. The van der Waals surface area contributed by atoms with Crippen molar-refractivity contribution in [1.29, 1.82) is 0 Å². The van der Waals surface area contributed by atoms with Gasteiger partial charge in [-0.1, -0.05) is 13.8 Å². The molecule has 0 saturated carbocycles. The van der Waals surface area contributed by atoms with Crippen molar-refractivity contribution >= 4 is 17.2 Å². The molecular weight excluding hydrogens is 336 g/mol. The summed E-state index contributed by atoms with van der Waals surface area (Å²) in [5.41, 5.74) is 2.77. The van der Waals surface area contributed by atoms with Crippen molar-refractivity contribution in [3.63, 3.8) is 0 Å². The minimum atomic E-state index is -0.0539. The van der Waals surface area contributed by atoms with Crippen molar-refractivity contribution in [3.05, 3.63) is 33.9 Å². The summed E-state index contributed by atoms with van der Waals surface area (Å²) in [6, 6.07) is 0. The molecule has 134 valence electrons. The Balaban J connectivity index is 1.45. The number of oxazole rings is 1. The quantitative estimate of drug-likeness (QED) is 0.842. The molecule has 0 unspecified atom stereocenters. The lowest BCUT2D eigenvalue weighted by Gasteiger charge is -2.34. The molecule has 0 aromatic carbocycles. The van der Waals surface area contributed by atoms with E-state index in [1.165, 1.54) is 11.3 Å². The topological polar surface area (TPSA) is 62.5 Å². The van der Waals surface area contributed by atoms with E-state index in [4.69, 9.17) is 4.42 Å². The van der Waals surface area contributed by atoms with Gasteiger partial charge in [-0.3, -0.25) is 14.7 Å². The smallest absolute Gasteiger partial charge is 0.309 e. The molecule has 0 aliphatic carbocycles. The van der Waals surface area contributed by atoms with E-state index in [0.29, 0.717) is 11.8 Å². The van der Waals surface area contributed by atoms with Crippen LogP contribution in [0.15, 0.2) is 16.1 Å². The molecule has 2 atom stereocenters. The standard InChI is InChI=1S/C18H24N4O2S/c1-12-5-13(2)8-22(7-12)18(23)17-20-15-10-21(4-3-16(15)24-17)9-14-6-19-11-25-14/h6,11-13H,3-5,7-10H2,1-2H3/t12-,13-/m0/s1. The molecule has 0 spiro atoms. The molecule has 4 heterocycles. The molecule has 0 N–H and O–H groups in total. The van der Waals surface area contributed by atoms with E-state index in [1.54, 1.807) is 11.3 Å². The molecule has 2 aromatic heterocycles. The van der Waals surface area contributed by atoms with Gasteiger partial charge >= 0.3 is 5.91 Å². The number of carbonyl (C=O) groups excluding carboxylic acids is 1. The monoisotopic (exact) mass is 360 g/mol. The number of carbonyl (C=O) groups is 1. The molecule has 2 aliphatic rings. The summed E-state index contributed by atoms with van der Waals surface area (Å²) in [6.07, 6.45) is 3.90. The number of rotatable bonds is 3. The normalized spacial score (nSPS) is 24.3. The van der Waals surface area contributed by atoms with Crippen LogP contribution in [0, 0.1) is 11.8 Å². The van der Waals surface area contributed by atoms with Crippen molar-refractivity contribution in [2.24, 2.45) is 11.8 Å². The number of piperidine rings is 1. The summed E-state index contributed by atoms with van der Waals surface area (Å²) in [4.78, 5) is 27.0. The Kier molecular flexibility index (Phi) is 4.60. The second-order valence-electron chi connectivity index (χ2n) is 7.47. The maximum Gasteiger partial charge on any atom is 0.309 e. The molecule has 1 fully saturated rings. The van der Waals surface area contributed by atoms with Gasteiger partial charge in [0, 0.05) is 50.2 Å². The molecule has 0 radical (unpaired) electrons. The van der Waals surface area contributed by atoms with Gasteiger partial charge in [0.1, 0.15) is 5.76 Å². The van der Waals surface area contributed by atoms with Crippen LogP contribution in [0.25, 0.3) is 0 Å². The first kappa shape index (κ1) is 16.7. The van der Waals surface area contributed by atoms with Crippen LogP contribution < -0.4 is 0 Å². The van der Waals surface area contributed by atoms with Gasteiger partial charge in [-0.15, -0.1) is 11.3 Å². The molecule has 1 amide bonds. The van der Waals surface area contributed by atoms with Gasteiger partial charge in [0.25, 0.3) is 5.89 Å². The van der Waals surface area contributed by atoms with Crippen LogP contribution in [0.3, 0.4) is 0 Å². The SMILES string of the molecule is C[C@H]1C[C@H](C)CN(C(=O)c2nc3c(o2)CCN(Cc2cncs2)C3)C1. The number of nitrogens with zero attached hydrogens (tertiary/aromatic N) is 4. The van der Waals surface area contributed by atoms with Crippen molar-refractivity contribution in [2.75, 3.05) is 19.6 Å². The molecule has 2 aromatic rings. The third kappa shape index (κ3) is 3.62. The fourth-order valence-electron chi connectivity index (χ4n) is 3.98. The first-order chi connectivity index (χ1) is 12.1. The zero-order valence-corrected chi connectivity index (χ0v) is 15.6. The van der Waals surface area contributed by atoms with Gasteiger partial charge in [0.05, 0.1) is 11.2 Å². The highest BCUT2D eigenvalue weighted by molar-refractivity contribution is 7.09. The van der Waals surface area contributed by atoms with E-state index in [1.807, 2.05) is 16.6 Å². The fourth-order valence-corrected chi connectivity index (χ4v) is 4.62. The summed E-state index contributed by atoms with van der Waals surface area (Å²) in [7, 11) is 0. The number of hydrogen-bond donors (Lipinski definition) is 0. The van der Waals surface area contributed by atoms with Crippen LogP contribution in [0.5, 0.6) is 0 Å². The highest BCUT2D eigenvalue weighted by Crippen LogP contribution is 2.25. The minimum absolute atomic E-state index is 0.0539. The zero-order chi connectivity index (χ0) is 17.4. The van der Waals surface area contributed by atoms with E-state index < -0.39 is 0 Å². The Bertz CT molecular complexity index is 732. The molecular formula is C18H24N4O2S. The Morgan fingerprint density at radius 1 is 1.36 bits per heavy atom. The van der Waals surface area contributed by atoms with E-state index >= 15 is 0 Å².